The topological polar surface area (TPSA) is 52.3 Å². The maximum atomic E-state index is 8.79. The van der Waals surface area contributed by atoms with Gasteiger partial charge in [0.05, 0.1) is 0 Å². The van der Waals surface area contributed by atoms with E-state index < -0.39 is 0 Å². The van der Waals surface area contributed by atoms with E-state index >= 15 is 0 Å². The molecule has 0 radical (unpaired) electrons. The summed E-state index contributed by atoms with van der Waals surface area (Å²) in [4.78, 5) is 10.5. The van der Waals surface area contributed by atoms with Crippen molar-refractivity contribution in [3.05, 3.63) is 23.3 Å². The van der Waals surface area contributed by atoms with Gasteiger partial charge in [0.25, 0.3) is 0 Å². The van der Waals surface area contributed by atoms with Gasteiger partial charge in [0, 0.05) is 17.3 Å². The van der Waals surface area contributed by atoms with Gasteiger partial charge in [-0.3, -0.25) is 0 Å². The lowest BCUT2D eigenvalue weighted by Crippen LogP contribution is -2.14. The van der Waals surface area contributed by atoms with Gasteiger partial charge in [-0.2, -0.15) is 10.3 Å². The zero-order valence-electron chi connectivity index (χ0n) is 8.38. The van der Waals surface area contributed by atoms with Crippen LogP contribution in [0.25, 0.3) is 0 Å². The van der Waals surface area contributed by atoms with Gasteiger partial charge < -0.3 is 0 Å². The van der Waals surface area contributed by atoms with Crippen molar-refractivity contribution >= 4 is 34.3 Å². The molecular weight excluding hydrogens is 228 g/mol. The molecule has 0 spiro atoms. The molecule has 0 aliphatic heterocycles. The average Bonchev–Trinajstić information content (AvgIpc) is 2.60. The summed E-state index contributed by atoms with van der Waals surface area (Å²) < 4.78 is 0. The van der Waals surface area contributed by atoms with Crippen LogP contribution >= 0.6 is 24.0 Å². The van der Waals surface area contributed by atoms with Crippen molar-refractivity contribution in [2.45, 2.75) is 13.8 Å². The molecule has 0 unspecified atom stereocenters. The molecule has 0 aliphatic carbocycles. The summed E-state index contributed by atoms with van der Waals surface area (Å²) in [5.74, 6) is 0. The van der Waals surface area contributed by atoms with E-state index in [-0.39, 0.29) is 0 Å². The molecule has 0 saturated carbocycles. The predicted octanol–water partition coefficient (Wildman–Crippen LogP) is 2.69. The van der Waals surface area contributed by atoms with Gasteiger partial charge in [-0.25, -0.2) is 9.88 Å². The zero-order valence-corrected chi connectivity index (χ0v) is 10.1. The van der Waals surface area contributed by atoms with Crippen LogP contribution < -0.4 is 0 Å². The van der Waals surface area contributed by atoms with Crippen molar-refractivity contribution in [3.8, 4) is 6.19 Å². The van der Waals surface area contributed by atoms with Crippen LogP contribution in [0.4, 0.5) is 5.13 Å². The maximum Gasteiger partial charge on any atom is 0.211 e. The molecule has 0 amide bonds. The third kappa shape index (κ3) is 3.38. The summed E-state index contributed by atoms with van der Waals surface area (Å²) in [7, 11) is 0. The van der Waals surface area contributed by atoms with Crippen LogP contribution in [0.2, 0.25) is 0 Å². The minimum Gasteiger partial charge on any atom is -0.233 e. The fraction of sp³-hybridized carbons (Fsp3) is 0.222. The van der Waals surface area contributed by atoms with Crippen molar-refractivity contribution in [1.29, 1.82) is 5.26 Å². The summed E-state index contributed by atoms with van der Waals surface area (Å²) in [6.45, 7) is 3.77. The largest absolute Gasteiger partial charge is 0.233 e. The minimum atomic E-state index is 0.310. The smallest absolute Gasteiger partial charge is 0.211 e. The average molecular weight is 238 g/mol. The second kappa shape index (κ2) is 5.53. The van der Waals surface area contributed by atoms with E-state index in [0.717, 1.165) is 4.88 Å². The number of hydrogen-bond donors (Lipinski definition) is 1. The van der Waals surface area contributed by atoms with Gasteiger partial charge >= 0.3 is 0 Å². The molecule has 0 fully saturated rings. The summed E-state index contributed by atoms with van der Waals surface area (Å²) >= 11 is 5.58. The Morgan fingerprint density at radius 3 is 3.00 bits per heavy atom. The first-order valence-electron chi connectivity index (χ1n) is 4.19. The van der Waals surface area contributed by atoms with E-state index in [0.29, 0.717) is 10.3 Å². The second-order valence-electron chi connectivity index (χ2n) is 2.62. The molecule has 1 aromatic heterocycles. The number of amidine groups is 1. The fourth-order valence-corrected chi connectivity index (χ4v) is 1.73. The highest BCUT2D eigenvalue weighted by molar-refractivity contribution is 7.96. The number of thiazole rings is 1. The Morgan fingerprint density at radius 1 is 1.80 bits per heavy atom. The molecule has 15 heavy (non-hydrogen) atoms. The van der Waals surface area contributed by atoms with Crippen LogP contribution in [0.3, 0.4) is 0 Å². The highest BCUT2D eigenvalue weighted by Gasteiger charge is 2.04. The predicted molar refractivity (Wildman–Crippen MR) is 65.2 cm³/mol. The molecule has 0 N–H and O–H groups in total. The van der Waals surface area contributed by atoms with Crippen LogP contribution in [0.15, 0.2) is 23.5 Å². The first kappa shape index (κ1) is 11.8. The van der Waals surface area contributed by atoms with E-state index in [1.165, 1.54) is 16.2 Å². The number of aromatic nitrogens is 1. The van der Waals surface area contributed by atoms with E-state index in [1.54, 1.807) is 18.5 Å². The Balaban J connectivity index is 2.88. The second-order valence-corrected chi connectivity index (χ2v) is 4.23. The van der Waals surface area contributed by atoms with Crippen LogP contribution in [0.5, 0.6) is 0 Å². The number of hydrogen-bond acceptors (Lipinski definition) is 4. The quantitative estimate of drug-likeness (QED) is 0.283. The molecule has 0 aliphatic rings. The third-order valence-electron chi connectivity index (χ3n) is 1.43. The monoisotopic (exact) mass is 238 g/mol. The number of allylic oxidation sites excluding steroid dienone is 1. The Bertz CT molecular complexity index is 428. The summed E-state index contributed by atoms with van der Waals surface area (Å²) in [5.41, 5.74) is 0. The van der Waals surface area contributed by atoms with Crippen molar-refractivity contribution in [2.75, 3.05) is 0 Å². The lowest BCUT2D eigenvalue weighted by molar-refractivity contribution is 0.798. The fourth-order valence-electron chi connectivity index (χ4n) is 0.828. The summed E-state index contributed by atoms with van der Waals surface area (Å²) in [6, 6.07) is 0. The third-order valence-corrected chi connectivity index (χ3v) is 2.55. The molecule has 0 bridgehead atoms. The van der Waals surface area contributed by atoms with Gasteiger partial charge in [0.1, 0.15) is 0 Å². The van der Waals surface area contributed by atoms with Crippen molar-refractivity contribution in [1.82, 2.24) is 9.88 Å². The SMILES string of the molecule is CC=CN(C#N)C(S)=Nc1ncc(C)s1. The zero-order chi connectivity index (χ0) is 11.3. The molecule has 0 saturated heterocycles. The van der Waals surface area contributed by atoms with Crippen LogP contribution in [-0.4, -0.2) is 15.1 Å². The first-order chi connectivity index (χ1) is 7.17. The highest BCUT2D eigenvalue weighted by Crippen LogP contribution is 2.20. The molecule has 6 heteroatoms. The Hall–Kier alpha value is -1.32. The van der Waals surface area contributed by atoms with Gasteiger partial charge in [-0.15, -0.1) is 24.0 Å². The highest BCUT2D eigenvalue weighted by atomic mass is 32.1. The molecule has 4 nitrogen and oxygen atoms in total. The molecular formula is C9H10N4S2. The standard InChI is InChI=1S/C9H10N4S2/c1-3-4-13(6-10)9(14)12-8-11-5-7(2)15-8/h3-5H,1-2H3,(H,11,12,14). The van der Waals surface area contributed by atoms with Crippen molar-refractivity contribution < 1.29 is 0 Å². The summed E-state index contributed by atoms with van der Waals surface area (Å²) in [6.07, 6.45) is 7.01. The van der Waals surface area contributed by atoms with Crippen molar-refractivity contribution in [2.24, 2.45) is 4.99 Å². The van der Waals surface area contributed by atoms with Crippen LogP contribution in [-0.2, 0) is 0 Å². The molecule has 0 atom stereocenters. The Kier molecular flexibility index (Phi) is 4.34. The summed E-state index contributed by atoms with van der Waals surface area (Å²) in [5, 5.41) is 9.70. The maximum absolute atomic E-state index is 8.79. The number of rotatable bonds is 2. The minimum absolute atomic E-state index is 0.310. The Labute approximate surface area is 98.0 Å². The molecule has 78 valence electrons. The van der Waals surface area contributed by atoms with E-state index in [9.17, 15) is 0 Å². The van der Waals surface area contributed by atoms with E-state index in [2.05, 4.69) is 22.6 Å². The number of aryl methyl sites for hydroxylation is 1. The lowest BCUT2D eigenvalue weighted by Gasteiger charge is -2.06. The van der Waals surface area contributed by atoms with E-state index in [1.807, 2.05) is 20.0 Å². The first-order valence-corrected chi connectivity index (χ1v) is 5.45. The number of nitriles is 1. The van der Waals surface area contributed by atoms with Crippen LogP contribution in [0, 0.1) is 18.4 Å². The Morgan fingerprint density at radius 2 is 2.53 bits per heavy atom. The van der Waals surface area contributed by atoms with Gasteiger partial charge in [-0.1, -0.05) is 6.08 Å². The lowest BCUT2D eigenvalue weighted by atomic mass is 10.6. The number of aliphatic imine (C=N–C) groups is 1. The van der Waals surface area contributed by atoms with Crippen molar-refractivity contribution in [3.63, 3.8) is 0 Å². The van der Waals surface area contributed by atoms with Gasteiger partial charge in [0.2, 0.25) is 5.13 Å². The molecule has 1 rings (SSSR count). The number of thiol groups is 1. The molecule has 0 aromatic carbocycles. The van der Waals surface area contributed by atoms with Crippen LogP contribution in [0.1, 0.15) is 11.8 Å². The number of nitrogens with zero attached hydrogens (tertiary/aromatic N) is 4. The normalized spacial score (nSPS) is 11.7. The van der Waals surface area contributed by atoms with Gasteiger partial charge in [0.15, 0.2) is 11.4 Å². The van der Waals surface area contributed by atoms with E-state index in [4.69, 9.17) is 5.26 Å². The molecule has 1 heterocycles. The van der Waals surface area contributed by atoms with Gasteiger partial charge in [-0.05, 0) is 13.8 Å². The molecule has 1 aromatic rings.